The third-order valence-electron chi connectivity index (χ3n) is 2.80. The zero-order chi connectivity index (χ0) is 13.0. The summed E-state index contributed by atoms with van der Waals surface area (Å²) in [6, 6.07) is 6.43. The molecule has 1 heterocycles. The number of halogens is 1. The molecular formula is C13H15FN2O2. The van der Waals surface area contributed by atoms with Crippen LogP contribution in [0.5, 0.6) is 5.75 Å². The highest BCUT2D eigenvalue weighted by Gasteiger charge is 2.14. The Bertz CT molecular complexity index is 500. The fourth-order valence-electron chi connectivity index (χ4n) is 1.81. The van der Waals surface area contributed by atoms with Gasteiger partial charge in [-0.05, 0) is 35.7 Å². The number of hydrazine groups is 1. The predicted octanol–water partition coefficient (Wildman–Crippen LogP) is 2.17. The highest BCUT2D eigenvalue weighted by molar-refractivity contribution is 5.33. The highest BCUT2D eigenvalue weighted by atomic mass is 19.1. The number of nitrogens with one attached hydrogen (secondary N) is 1. The van der Waals surface area contributed by atoms with Gasteiger partial charge in [-0.3, -0.25) is 11.3 Å². The van der Waals surface area contributed by atoms with E-state index in [9.17, 15) is 4.39 Å². The summed E-state index contributed by atoms with van der Waals surface area (Å²) < 4.78 is 23.3. The monoisotopic (exact) mass is 250 g/mol. The summed E-state index contributed by atoms with van der Waals surface area (Å²) in [5.74, 6) is 5.36. The van der Waals surface area contributed by atoms with Crippen LogP contribution < -0.4 is 16.0 Å². The average molecular weight is 250 g/mol. The van der Waals surface area contributed by atoms with Crippen LogP contribution in [0.1, 0.15) is 17.2 Å². The molecule has 1 atom stereocenters. The SMILES string of the molecule is COc1cc(C(Cc2ccoc2)NN)ccc1F. The Hall–Kier alpha value is -1.85. The molecule has 5 heteroatoms. The first-order chi connectivity index (χ1) is 8.74. The molecule has 96 valence electrons. The molecule has 2 rings (SSSR count). The van der Waals surface area contributed by atoms with E-state index in [1.54, 1.807) is 24.7 Å². The number of hydrogen-bond donors (Lipinski definition) is 2. The second-order valence-corrected chi connectivity index (χ2v) is 3.95. The van der Waals surface area contributed by atoms with Gasteiger partial charge in [-0.2, -0.15) is 0 Å². The summed E-state index contributed by atoms with van der Waals surface area (Å²) in [6.45, 7) is 0. The van der Waals surface area contributed by atoms with Crippen LogP contribution in [0.3, 0.4) is 0 Å². The minimum atomic E-state index is -0.389. The average Bonchev–Trinajstić information content (AvgIpc) is 2.89. The summed E-state index contributed by atoms with van der Waals surface area (Å²) in [6.07, 6.45) is 3.92. The fraction of sp³-hybridized carbons (Fsp3) is 0.231. The first kappa shape index (κ1) is 12.6. The molecule has 0 aliphatic heterocycles. The number of methoxy groups -OCH3 is 1. The molecule has 0 bridgehead atoms. The molecule has 0 fully saturated rings. The van der Waals surface area contributed by atoms with Crippen molar-refractivity contribution in [2.24, 2.45) is 5.84 Å². The summed E-state index contributed by atoms with van der Waals surface area (Å²) >= 11 is 0. The molecule has 0 amide bonds. The number of rotatable bonds is 5. The predicted molar refractivity (Wildman–Crippen MR) is 65.4 cm³/mol. The van der Waals surface area contributed by atoms with Gasteiger partial charge in [0.15, 0.2) is 11.6 Å². The van der Waals surface area contributed by atoms with Gasteiger partial charge in [0.1, 0.15) is 0 Å². The maximum Gasteiger partial charge on any atom is 0.165 e. The van der Waals surface area contributed by atoms with Crippen LogP contribution in [-0.2, 0) is 6.42 Å². The van der Waals surface area contributed by atoms with Crippen LogP contribution in [0.15, 0.2) is 41.2 Å². The van der Waals surface area contributed by atoms with Gasteiger partial charge in [0.05, 0.1) is 25.7 Å². The van der Waals surface area contributed by atoms with Gasteiger partial charge in [0.25, 0.3) is 0 Å². The third kappa shape index (κ3) is 2.69. The van der Waals surface area contributed by atoms with Crippen LogP contribution in [0.25, 0.3) is 0 Å². The topological polar surface area (TPSA) is 60.4 Å². The quantitative estimate of drug-likeness (QED) is 0.630. The Morgan fingerprint density at radius 2 is 2.28 bits per heavy atom. The van der Waals surface area contributed by atoms with Crippen molar-refractivity contribution >= 4 is 0 Å². The summed E-state index contributed by atoms with van der Waals surface area (Å²) in [5.41, 5.74) is 4.58. The van der Waals surface area contributed by atoms with E-state index in [-0.39, 0.29) is 17.6 Å². The van der Waals surface area contributed by atoms with E-state index >= 15 is 0 Å². The molecule has 1 aromatic heterocycles. The molecule has 0 saturated carbocycles. The normalized spacial score (nSPS) is 12.4. The van der Waals surface area contributed by atoms with Crippen molar-refractivity contribution < 1.29 is 13.5 Å². The van der Waals surface area contributed by atoms with E-state index in [0.29, 0.717) is 6.42 Å². The van der Waals surface area contributed by atoms with E-state index in [1.165, 1.54) is 13.2 Å². The second kappa shape index (κ2) is 5.66. The molecule has 0 radical (unpaired) electrons. The fourth-order valence-corrected chi connectivity index (χ4v) is 1.81. The first-order valence-corrected chi connectivity index (χ1v) is 5.55. The molecule has 0 aliphatic rings. The molecule has 1 unspecified atom stereocenters. The molecule has 18 heavy (non-hydrogen) atoms. The van der Waals surface area contributed by atoms with Gasteiger partial charge in [-0.1, -0.05) is 6.07 Å². The minimum Gasteiger partial charge on any atom is -0.494 e. The largest absolute Gasteiger partial charge is 0.494 e. The summed E-state index contributed by atoms with van der Waals surface area (Å²) in [4.78, 5) is 0. The molecule has 3 N–H and O–H groups in total. The lowest BCUT2D eigenvalue weighted by molar-refractivity contribution is 0.384. The Morgan fingerprint density at radius 3 is 2.89 bits per heavy atom. The summed E-state index contributed by atoms with van der Waals surface area (Å²) in [7, 11) is 1.43. The van der Waals surface area contributed by atoms with Crippen LogP contribution in [0, 0.1) is 5.82 Å². The second-order valence-electron chi connectivity index (χ2n) is 3.95. The molecule has 2 aromatic rings. The number of benzene rings is 1. The van der Waals surface area contributed by atoms with Gasteiger partial charge in [-0.15, -0.1) is 0 Å². The molecule has 4 nitrogen and oxygen atoms in total. The van der Waals surface area contributed by atoms with Crippen LogP contribution in [0.4, 0.5) is 4.39 Å². The summed E-state index contributed by atoms with van der Waals surface area (Å²) in [5, 5.41) is 0. The maximum absolute atomic E-state index is 13.3. The Balaban J connectivity index is 2.21. The Labute approximate surface area is 105 Å². The van der Waals surface area contributed by atoms with E-state index in [0.717, 1.165) is 11.1 Å². The van der Waals surface area contributed by atoms with Gasteiger partial charge < -0.3 is 9.15 Å². The van der Waals surface area contributed by atoms with Crippen molar-refractivity contribution in [1.29, 1.82) is 0 Å². The molecular weight excluding hydrogens is 235 g/mol. The van der Waals surface area contributed by atoms with Crippen LogP contribution in [0.2, 0.25) is 0 Å². The van der Waals surface area contributed by atoms with Crippen molar-refractivity contribution in [1.82, 2.24) is 5.43 Å². The van der Waals surface area contributed by atoms with E-state index < -0.39 is 0 Å². The van der Waals surface area contributed by atoms with Gasteiger partial charge >= 0.3 is 0 Å². The van der Waals surface area contributed by atoms with Crippen LogP contribution >= 0.6 is 0 Å². The van der Waals surface area contributed by atoms with Gasteiger partial charge in [0, 0.05) is 0 Å². The van der Waals surface area contributed by atoms with E-state index in [1.807, 2.05) is 6.07 Å². The lowest BCUT2D eigenvalue weighted by Crippen LogP contribution is -2.29. The maximum atomic E-state index is 13.3. The van der Waals surface area contributed by atoms with Gasteiger partial charge in [0.2, 0.25) is 0 Å². The number of ether oxygens (including phenoxy) is 1. The van der Waals surface area contributed by atoms with Crippen molar-refractivity contribution in [3.8, 4) is 5.75 Å². The standard InChI is InChI=1S/C13H15FN2O2/c1-17-13-7-10(2-3-11(13)14)12(16-15)6-9-4-5-18-8-9/h2-5,7-8,12,16H,6,15H2,1H3. The van der Waals surface area contributed by atoms with E-state index in [4.69, 9.17) is 15.0 Å². The van der Waals surface area contributed by atoms with E-state index in [2.05, 4.69) is 5.43 Å². The van der Waals surface area contributed by atoms with Crippen molar-refractivity contribution in [3.05, 3.63) is 53.7 Å². The zero-order valence-corrected chi connectivity index (χ0v) is 10.0. The zero-order valence-electron chi connectivity index (χ0n) is 10.0. The first-order valence-electron chi connectivity index (χ1n) is 5.55. The number of hydrogen-bond acceptors (Lipinski definition) is 4. The molecule has 1 aromatic carbocycles. The number of nitrogens with two attached hydrogens (primary N) is 1. The molecule has 0 spiro atoms. The van der Waals surface area contributed by atoms with Crippen molar-refractivity contribution in [2.45, 2.75) is 12.5 Å². The lowest BCUT2D eigenvalue weighted by atomic mass is 10.0. The smallest absolute Gasteiger partial charge is 0.165 e. The molecule has 0 saturated heterocycles. The Kier molecular flexibility index (Phi) is 3.96. The van der Waals surface area contributed by atoms with Crippen molar-refractivity contribution in [2.75, 3.05) is 7.11 Å². The van der Waals surface area contributed by atoms with Crippen LogP contribution in [-0.4, -0.2) is 7.11 Å². The third-order valence-corrected chi connectivity index (χ3v) is 2.80. The van der Waals surface area contributed by atoms with Crippen molar-refractivity contribution in [3.63, 3.8) is 0 Å². The number of furan rings is 1. The highest BCUT2D eigenvalue weighted by Crippen LogP contribution is 2.24. The Morgan fingerprint density at radius 1 is 1.44 bits per heavy atom. The van der Waals surface area contributed by atoms with Gasteiger partial charge in [-0.25, -0.2) is 4.39 Å². The molecule has 0 aliphatic carbocycles. The lowest BCUT2D eigenvalue weighted by Gasteiger charge is -2.16. The minimum absolute atomic E-state index is 0.128.